The van der Waals surface area contributed by atoms with E-state index < -0.39 is 0 Å². The Balaban J connectivity index is 4.23. The first-order valence-corrected chi connectivity index (χ1v) is 4.71. The molecule has 4 heteroatoms. The molecule has 4 nitrogen and oxygen atoms in total. The van der Waals surface area contributed by atoms with Crippen LogP contribution in [-0.2, 0) is 19.1 Å². The summed E-state index contributed by atoms with van der Waals surface area (Å²) in [6.45, 7) is 3.75. The molecule has 0 aliphatic rings. The summed E-state index contributed by atoms with van der Waals surface area (Å²) in [6.07, 6.45) is 0.926. The number of hydrogen-bond acceptors (Lipinski definition) is 4. The molecule has 0 aromatic rings. The smallest absolute Gasteiger partial charge is 0.308 e. The Bertz CT molecular complexity index is 200. The Morgan fingerprint density at radius 3 is 2.14 bits per heavy atom. The van der Waals surface area contributed by atoms with E-state index in [9.17, 15) is 9.59 Å². The lowest BCUT2D eigenvalue weighted by atomic mass is 9.89. The van der Waals surface area contributed by atoms with Gasteiger partial charge < -0.3 is 9.47 Å². The predicted octanol–water partition coefficient (Wildman–Crippen LogP) is 1.38. The highest BCUT2D eigenvalue weighted by Crippen LogP contribution is 2.20. The highest BCUT2D eigenvalue weighted by Gasteiger charge is 2.26. The van der Waals surface area contributed by atoms with E-state index in [0.717, 1.165) is 0 Å². The molecule has 0 fully saturated rings. The maximum absolute atomic E-state index is 11.3. The molecule has 2 atom stereocenters. The second-order valence-corrected chi connectivity index (χ2v) is 3.30. The fourth-order valence-corrected chi connectivity index (χ4v) is 1.44. The zero-order chi connectivity index (χ0) is 11.1. The van der Waals surface area contributed by atoms with Crippen LogP contribution >= 0.6 is 0 Å². The molecule has 0 radical (unpaired) electrons. The van der Waals surface area contributed by atoms with Crippen LogP contribution in [0.1, 0.15) is 26.7 Å². The van der Waals surface area contributed by atoms with Gasteiger partial charge in [-0.15, -0.1) is 0 Å². The van der Waals surface area contributed by atoms with Crippen molar-refractivity contribution in [3.05, 3.63) is 0 Å². The molecule has 0 amide bonds. The van der Waals surface area contributed by atoms with Crippen molar-refractivity contribution in [3.63, 3.8) is 0 Å². The van der Waals surface area contributed by atoms with E-state index in [1.807, 2.05) is 13.8 Å². The van der Waals surface area contributed by atoms with E-state index in [0.29, 0.717) is 6.42 Å². The topological polar surface area (TPSA) is 52.6 Å². The molecule has 0 aliphatic carbocycles. The van der Waals surface area contributed by atoms with Crippen molar-refractivity contribution in [2.24, 2.45) is 11.8 Å². The van der Waals surface area contributed by atoms with Gasteiger partial charge in [0.05, 0.1) is 20.1 Å². The first kappa shape index (κ1) is 12.9. The second kappa shape index (κ2) is 6.40. The third-order valence-electron chi connectivity index (χ3n) is 2.35. The summed E-state index contributed by atoms with van der Waals surface area (Å²) in [5, 5.41) is 0. The summed E-state index contributed by atoms with van der Waals surface area (Å²) in [4.78, 5) is 22.3. The summed E-state index contributed by atoms with van der Waals surface area (Å²) in [7, 11) is 2.70. The van der Waals surface area contributed by atoms with E-state index >= 15 is 0 Å². The number of hydrogen-bond donors (Lipinski definition) is 0. The van der Waals surface area contributed by atoms with Gasteiger partial charge in [-0.05, 0) is 12.3 Å². The van der Waals surface area contributed by atoms with Crippen LogP contribution in [0.3, 0.4) is 0 Å². The number of rotatable bonds is 5. The van der Waals surface area contributed by atoms with E-state index in [2.05, 4.69) is 9.47 Å². The van der Waals surface area contributed by atoms with Gasteiger partial charge in [0, 0.05) is 6.42 Å². The van der Waals surface area contributed by atoms with E-state index in [1.54, 1.807) is 0 Å². The number of ether oxygens (including phenoxy) is 2. The molecule has 0 spiro atoms. The van der Waals surface area contributed by atoms with Crippen molar-refractivity contribution < 1.29 is 19.1 Å². The van der Waals surface area contributed by atoms with Crippen LogP contribution in [0.25, 0.3) is 0 Å². The number of carbonyl (C=O) groups excluding carboxylic acids is 2. The van der Waals surface area contributed by atoms with Gasteiger partial charge in [0.15, 0.2) is 0 Å². The fraction of sp³-hybridized carbons (Fsp3) is 0.800. The summed E-state index contributed by atoms with van der Waals surface area (Å²) in [5.41, 5.74) is 0. The summed E-state index contributed by atoms with van der Waals surface area (Å²) in [5.74, 6) is -0.817. The minimum atomic E-state index is -0.292. The Morgan fingerprint density at radius 1 is 1.21 bits per heavy atom. The lowest BCUT2D eigenvalue weighted by Crippen LogP contribution is -2.24. The maximum Gasteiger partial charge on any atom is 0.308 e. The largest absolute Gasteiger partial charge is 0.469 e. The van der Waals surface area contributed by atoms with Crippen molar-refractivity contribution in [1.29, 1.82) is 0 Å². The van der Waals surface area contributed by atoms with Crippen molar-refractivity contribution >= 4 is 11.9 Å². The monoisotopic (exact) mass is 202 g/mol. The molecule has 14 heavy (non-hydrogen) atoms. The molecule has 0 aromatic carbocycles. The van der Waals surface area contributed by atoms with Crippen LogP contribution in [0.2, 0.25) is 0 Å². The summed E-state index contributed by atoms with van der Waals surface area (Å²) >= 11 is 0. The third-order valence-corrected chi connectivity index (χ3v) is 2.35. The Kier molecular flexibility index (Phi) is 5.92. The van der Waals surface area contributed by atoms with Gasteiger partial charge in [0.2, 0.25) is 0 Å². The standard InChI is InChI=1S/C10H18O4/c1-5-8(10(12)14-4)7(2)6-9(11)13-3/h7-8H,5-6H2,1-4H3/t7-,8-/m1/s1. The SMILES string of the molecule is CC[C@@H](C(=O)OC)[C@H](C)CC(=O)OC. The lowest BCUT2D eigenvalue weighted by molar-refractivity contribution is -0.149. The predicted molar refractivity (Wildman–Crippen MR) is 51.6 cm³/mol. The molecule has 0 rings (SSSR count). The van der Waals surface area contributed by atoms with Crippen LogP contribution < -0.4 is 0 Å². The average molecular weight is 202 g/mol. The van der Waals surface area contributed by atoms with E-state index in [-0.39, 0.29) is 30.2 Å². The zero-order valence-electron chi connectivity index (χ0n) is 9.20. The molecular weight excluding hydrogens is 184 g/mol. The first-order valence-electron chi connectivity index (χ1n) is 4.71. The van der Waals surface area contributed by atoms with Crippen LogP contribution in [0, 0.1) is 11.8 Å². The van der Waals surface area contributed by atoms with Crippen LogP contribution in [0.4, 0.5) is 0 Å². The number of methoxy groups -OCH3 is 2. The maximum atomic E-state index is 11.3. The molecule has 0 unspecified atom stereocenters. The minimum absolute atomic E-state index is 0.0418. The zero-order valence-corrected chi connectivity index (χ0v) is 9.20. The van der Waals surface area contributed by atoms with E-state index in [4.69, 9.17) is 0 Å². The Morgan fingerprint density at radius 2 is 1.79 bits per heavy atom. The van der Waals surface area contributed by atoms with Gasteiger partial charge in [-0.1, -0.05) is 13.8 Å². The lowest BCUT2D eigenvalue weighted by Gasteiger charge is -2.18. The molecule has 0 aliphatic heterocycles. The molecule has 0 bridgehead atoms. The Hall–Kier alpha value is -1.06. The van der Waals surface area contributed by atoms with Gasteiger partial charge in [-0.3, -0.25) is 9.59 Å². The number of carbonyl (C=O) groups is 2. The van der Waals surface area contributed by atoms with Crippen LogP contribution in [-0.4, -0.2) is 26.2 Å². The van der Waals surface area contributed by atoms with Crippen molar-refractivity contribution in [1.82, 2.24) is 0 Å². The summed E-state index contributed by atoms with van der Waals surface area (Å²) in [6, 6.07) is 0. The van der Waals surface area contributed by atoms with E-state index in [1.165, 1.54) is 14.2 Å². The quantitative estimate of drug-likeness (QED) is 0.632. The summed E-state index contributed by atoms with van der Waals surface area (Å²) < 4.78 is 9.19. The third kappa shape index (κ3) is 3.77. The molecule has 0 saturated heterocycles. The van der Waals surface area contributed by atoms with Crippen molar-refractivity contribution in [3.8, 4) is 0 Å². The average Bonchev–Trinajstić information content (AvgIpc) is 2.18. The fourth-order valence-electron chi connectivity index (χ4n) is 1.44. The second-order valence-electron chi connectivity index (χ2n) is 3.30. The van der Waals surface area contributed by atoms with Crippen molar-refractivity contribution in [2.45, 2.75) is 26.7 Å². The van der Waals surface area contributed by atoms with Gasteiger partial charge in [-0.25, -0.2) is 0 Å². The molecule has 0 heterocycles. The van der Waals surface area contributed by atoms with Crippen molar-refractivity contribution in [2.75, 3.05) is 14.2 Å². The van der Waals surface area contributed by atoms with Gasteiger partial charge in [0.25, 0.3) is 0 Å². The Labute approximate surface area is 84.6 Å². The van der Waals surface area contributed by atoms with Gasteiger partial charge in [-0.2, -0.15) is 0 Å². The van der Waals surface area contributed by atoms with Gasteiger partial charge >= 0.3 is 11.9 Å². The number of esters is 2. The highest BCUT2D eigenvalue weighted by molar-refractivity contribution is 5.75. The molecule has 0 saturated carbocycles. The van der Waals surface area contributed by atoms with Gasteiger partial charge in [0.1, 0.15) is 0 Å². The molecule has 0 aromatic heterocycles. The first-order chi connectivity index (χ1) is 6.56. The van der Waals surface area contributed by atoms with Crippen LogP contribution in [0.15, 0.2) is 0 Å². The minimum Gasteiger partial charge on any atom is -0.469 e. The normalized spacial score (nSPS) is 14.3. The molecular formula is C10H18O4. The molecule has 82 valence electrons. The highest BCUT2D eigenvalue weighted by atomic mass is 16.5. The molecule has 0 N–H and O–H groups in total. The van der Waals surface area contributed by atoms with Crippen LogP contribution in [0.5, 0.6) is 0 Å².